The van der Waals surface area contributed by atoms with Gasteiger partial charge < -0.3 is 15.4 Å². The molecule has 0 aliphatic heterocycles. The van der Waals surface area contributed by atoms with E-state index in [1.165, 1.54) is 11.8 Å². The predicted molar refractivity (Wildman–Crippen MR) is 132 cm³/mol. The number of hydrogen-bond acceptors (Lipinski definition) is 4. The van der Waals surface area contributed by atoms with Crippen LogP contribution in [0, 0.1) is 0 Å². The van der Waals surface area contributed by atoms with Crippen molar-refractivity contribution in [2.45, 2.75) is 29.9 Å². The Morgan fingerprint density at radius 3 is 2.47 bits per heavy atom. The molecule has 166 valence electrons. The molecular formula is C25H25ClN2O3S. The molecule has 1 atom stereocenters. The van der Waals surface area contributed by atoms with Crippen molar-refractivity contribution >= 4 is 46.6 Å². The second-order valence-corrected chi connectivity index (χ2v) is 8.80. The van der Waals surface area contributed by atoms with Crippen LogP contribution in [0.25, 0.3) is 0 Å². The highest BCUT2D eigenvalue weighted by molar-refractivity contribution is 8.00. The van der Waals surface area contributed by atoms with Crippen LogP contribution in [0.15, 0.2) is 77.7 Å². The number of carbonyl (C=O) groups is 2. The first-order chi connectivity index (χ1) is 15.5. The van der Waals surface area contributed by atoms with Gasteiger partial charge in [0.25, 0.3) is 0 Å². The van der Waals surface area contributed by atoms with Crippen molar-refractivity contribution in [3.8, 4) is 5.75 Å². The Labute approximate surface area is 197 Å². The van der Waals surface area contributed by atoms with E-state index in [0.29, 0.717) is 28.6 Å². The minimum Gasteiger partial charge on any atom is -0.495 e. The number of nitrogens with one attached hydrogen (secondary N) is 2. The summed E-state index contributed by atoms with van der Waals surface area (Å²) in [5, 5.41) is 6.21. The first-order valence-electron chi connectivity index (χ1n) is 10.2. The maximum atomic E-state index is 12.8. The molecule has 1 unspecified atom stereocenters. The van der Waals surface area contributed by atoms with Gasteiger partial charge in [0.1, 0.15) is 5.75 Å². The molecule has 0 saturated heterocycles. The van der Waals surface area contributed by atoms with Gasteiger partial charge in [-0.1, -0.05) is 48.9 Å². The molecule has 0 saturated carbocycles. The second kappa shape index (κ2) is 11.6. The zero-order valence-electron chi connectivity index (χ0n) is 17.9. The molecule has 0 aliphatic rings. The number of ether oxygens (including phenoxy) is 1. The van der Waals surface area contributed by atoms with Crippen molar-refractivity contribution in [1.82, 2.24) is 0 Å². The highest BCUT2D eigenvalue weighted by atomic mass is 35.5. The van der Waals surface area contributed by atoms with Crippen LogP contribution >= 0.6 is 23.4 Å². The highest BCUT2D eigenvalue weighted by Crippen LogP contribution is 2.30. The maximum absolute atomic E-state index is 12.8. The van der Waals surface area contributed by atoms with E-state index in [4.69, 9.17) is 16.3 Å². The Morgan fingerprint density at radius 1 is 1.00 bits per heavy atom. The Balaban J connectivity index is 1.62. The lowest BCUT2D eigenvalue weighted by Crippen LogP contribution is -2.24. The lowest BCUT2D eigenvalue weighted by atomic mass is 10.1. The molecular weight excluding hydrogens is 444 g/mol. The third-order valence-electron chi connectivity index (χ3n) is 4.70. The SMILES string of the molecule is CCC(Sc1cccc(NC(=O)Cc2ccc(Cl)cc2)c1)C(=O)Nc1ccccc1OC. The standard InChI is InChI=1S/C25H25ClN2O3S/c1-3-23(25(30)28-21-9-4-5-10-22(21)31-2)32-20-8-6-7-19(16-20)27-24(29)15-17-11-13-18(26)14-12-17/h4-14,16,23H,3,15H2,1-2H3,(H,27,29)(H,28,30). The number of amides is 2. The predicted octanol–water partition coefficient (Wildman–Crippen LogP) is 6.04. The number of para-hydroxylation sites is 2. The number of methoxy groups -OCH3 is 1. The molecule has 0 heterocycles. The van der Waals surface area contributed by atoms with Crippen LogP contribution in [-0.2, 0) is 16.0 Å². The van der Waals surface area contributed by atoms with Gasteiger partial charge in [-0.25, -0.2) is 0 Å². The number of thioether (sulfide) groups is 1. The molecule has 2 amide bonds. The van der Waals surface area contributed by atoms with Gasteiger partial charge in [-0.2, -0.15) is 0 Å². The second-order valence-electron chi connectivity index (χ2n) is 7.08. The maximum Gasteiger partial charge on any atom is 0.237 e. The summed E-state index contributed by atoms with van der Waals surface area (Å²) in [4.78, 5) is 26.1. The third-order valence-corrected chi connectivity index (χ3v) is 6.31. The summed E-state index contributed by atoms with van der Waals surface area (Å²) in [5.74, 6) is 0.403. The topological polar surface area (TPSA) is 67.4 Å². The largest absolute Gasteiger partial charge is 0.495 e. The first-order valence-corrected chi connectivity index (χ1v) is 11.5. The van der Waals surface area contributed by atoms with Crippen LogP contribution in [-0.4, -0.2) is 24.2 Å². The Morgan fingerprint density at radius 2 is 1.75 bits per heavy atom. The van der Waals surface area contributed by atoms with Crippen LogP contribution in [0.1, 0.15) is 18.9 Å². The van der Waals surface area contributed by atoms with Crippen LogP contribution < -0.4 is 15.4 Å². The molecule has 7 heteroatoms. The van der Waals surface area contributed by atoms with Crippen molar-refractivity contribution in [3.05, 3.63) is 83.4 Å². The molecule has 2 N–H and O–H groups in total. The molecule has 3 rings (SSSR count). The molecule has 0 fully saturated rings. The minimum atomic E-state index is -0.292. The van der Waals surface area contributed by atoms with Gasteiger partial charge in [-0.15, -0.1) is 11.8 Å². The molecule has 0 aromatic heterocycles. The molecule has 0 radical (unpaired) electrons. The summed E-state index contributed by atoms with van der Waals surface area (Å²) >= 11 is 7.35. The van der Waals surface area contributed by atoms with Crippen molar-refractivity contribution in [2.24, 2.45) is 0 Å². The van der Waals surface area contributed by atoms with Gasteiger partial charge >= 0.3 is 0 Å². The number of halogens is 1. The first kappa shape index (κ1) is 23.7. The summed E-state index contributed by atoms with van der Waals surface area (Å²) in [7, 11) is 1.57. The minimum absolute atomic E-state index is 0.0980. The van der Waals surface area contributed by atoms with Gasteiger partial charge in [0.2, 0.25) is 11.8 Å². The third kappa shape index (κ3) is 6.77. The fourth-order valence-electron chi connectivity index (χ4n) is 3.09. The van der Waals surface area contributed by atoms with Crippen LogP contribution in [0.4, 0.5) is 11.4 Å². The molecule has 0 spiro atoms. The van der Waals surface area contributed by atoms with Crippen LogP contribution in [0.5, 0.6) is 5.75 Å². The van der Waals surface area contributed by atoms with Gasteiger partial charge in [0.05, 0.1) is 24.5 Å². The van der Waals surface area contributed by atoms with Gasteiger partial charge in [-0.05, 0) is 54.4 Å². The van der Waals surface area contributed by atoms with E-state index in [0.717, 1.165) is 10.5 Å². The average Bonchev–Trinajstić information content (AvgIpc) is 2.79. The zero-order valence-corrected chi connectivity index (χ0v) is 19.5. The summed E-state index contributed by atoms with van der Waals surface area (Å²) in [6, 6.07) is 22.0. The fourth-order valence-corrected chi connectivity index (χ4v) is 4.23. The summed E-state index contributed by atoms with van der Waals surface area (Å²) < 4.78 is 5.31. The summed E-state index contributed by atoms with van der Waals surface area (Å²) in [6.07, 6.45) is 0.909. The van der Waals surface area contributed by atoms with Gasteiger partial charge in [-0.3, -0.25) is 9.59 Å². The monoisotopic (exact) mass is 468 g/mol. The number of rotatable bonds is 9. The Hall–Kier alpha value is -2.96. The number of carbonyl (C=O) groups excluding carboxylic acids is 2. The average molecular weight is 469 g/mol. The smallest absolute Gasteiger partial charge is 0.237 e. The lowest BCUT2D eigenvalue weighted by molar-refractivity contribution is -0.116. The van der Waals surface area contributed by atoms with Crippen LogP contribution in [0.2, 0.25) is 5.02 Å². The molecule has 32 heavy (non-hydrogen) atoms. The van der Waals surface area contributed by atoms with Crippen molar-refractivity contribution in [2.75, 3.05) is 17.7 Å². The number of anilines is 2. The number of benzene rings is 3. The van der Waals surface area contributed by atoms with Crippen molar-refractivity contribution in [3.63, 3.8) is 0 Å². The molecule has 3 aromatic carbocycles. The molecule has 3 aromatic rings. The van der Waals surface area contributed by atoms with Crippen molar-refractivity contribution < 1.29 is 14.3 Å². The van der Waals surface area contributed by atoms with Crippen LogP contribution in [0.3, 0.4) is 0 Å². The Bertz CT molecular complexity index is 1070. The summed E-state index contributed by atoms with van der Waals surface area (Å²) in [5.41, 5.74) is 2.22. The van der Waals surface area contributed by atoms with Crippen molar-refractivity contribution in [1.29, 1.82) is 0 Å². The Kier molecular flexibility index (Phi) is 8.59. The number of hydrogen-bond donors (Lipinski definition) is 2. The lowest BCUT2D eigenvalue weighted by Gasteiger charge is -2.16. The quantitative estimate of drug-likeness (QED) is 0.376. The van der Waals surface area contributed by atoms with E-state index in [1.54, 1.807) is 25.3 Å². The summed E-state index contributed by atoms with van der Waals surface area (Å²) in [6.45, 7) is 1.97. The normalized spacial score (nSPS) is 11.5. The zero-order chi connectivity index (χ0) is 22.9. The van der Waals surface area contributed by atoms with E-state index in [1.807, 2.05) is 61.5 Å². The molecule has 0 aliphatic carbocycles. The van der Waals surface area contributed by atoms with E-state index in [-0.39, 0.29) is 23.5 Å². The van der Waals surface area contributed by atoms with Gasteiger partial charge in [0.15, 0.2) is 0 Å². The molecule has 5 nitrogen and oxygen atoms in total. The van der Waals surface area contributed by atoms with Gasteiger partial charge in [0, 0.05) is 15.6 Å². The van der Waals surface area contributed by atoms with E-state index in [9.17, 15) is 9.59 Å². The highest BCUT2D eigenvalue weighted by Gasteiger charge is 2.19. The van der Waals surface area contributed by atoms with E-state index in [2.05, 4.69) is 10.6 Å². The van der Waals surface area contributed by atoms with E-state index < -0.39 is 0 Å². The van der Waals surface area contributed by atoms with E-state index >= 15 is 0 Å². The molecule has 0 bridgehead atoms. The fraction of sp³-hybridized carbons (Fsp3) is 0.200.